The Labute approximate surface area is 137 Å². The summed E-state index contributed by atoms with van der Waals surface area (Å²) in [7, 11) is 0. The predicted molar refractivity (Wildman–Crippen MR) is 90.8 cm³/mol. The molecule has 122 valence electrons. The molecule has 0 spiro atoms. The Hall–Kier alpha value is -2.20. The number of amides is 1. The summed E-state index contributed by atoms with van der Waals surface area (Å²) in [4.78, 5) is 16.3. The molecule has 0 aliphatic rings. The minimum absolute atomic E-state index is 0.0810. The Bertz CT molecular complexity index is 587. The summed E-state index contributed by atoms with van der Waals surface area (Å²) in [6.45, 7) is 2.05. The second-order valence-electron chi connectivity index (χ2n) is 5.68. The predicted octanol–water partition coefficient (Wildman–Crippen LogP) is 3.03. The molecule has 0 saturated carbocycles. The third kappa shape index (κ3) is 5.49. The fourth-order valence-electron chi connectivity index (χ4n) is 2.54. The molecule has 0 radical (unpaired) electrons. The summed E-state index contributed by atoms with van der Waals surface area (Å²) in [5.74, 6) is -0.329. The van der Waals surface area contributed by atoms with Gasteiger partial charge < -0.3 is 10.4 Å². The molecular formula is C19H24N2O2. The smallest absolute Gasteiger partial charge is 0.253 e. The van der Waals surface area contributed by atoms with Crippen molar-refractivity contribution < 1.29 is 9.90 Å². The molecule has 2 atom stereocenters. The summed E-state index contributed by atoms with van der Waals surface area (Å²) in [5, 5.41) is 13.1. The van der Waals surface area contributed by atoms with Gasteiger partial charge in [0.05, 0.1) is 0 Å². The number of pyridine rings is 1. The molecule has 2 aromatic rings. The first-order valence-corrected chi connectivity index (χ1v) is 8.13. The lowest BCUT2D eigenvalue weighted by Gasteiger charge is -2.19. The number of benzene rings is 1. The van der Waals surface area contributed by atoms with E-state index in [-0.39, 0.29) is 11.9 Å². The number of aryl methyl sites for hydroxylation is 1. The van der Waals surface area contributed by atoms with Crippen LogP contribution in [0.2, 0.25) is 0 Å². The van der Waals surface area contributed by atoms with E-state index in [0.29, 0.717) is 5.56 Å². The zero-order chi connectivity index (χ0) is 16.5. The Morgan fingerprint density at radius 2 is 2.00 bits per heavy atom. The fourth-order valence-corrected chi connectivity index (χ4v) is 2.54. The van der Waals surface area contributed by atoms with Crippen molar-refractivity contribution in [1.29, 1.82) is 0 Å². The van der Waals surface area contributed by atoms with Crippen molar-refractivity contribution in [2.75, 3.05) is 0 Å². The molecule has 2 N–H and O–H groups in total. The van der Waals surface area contributed by atoms with Crippen molar-refractivity contribution in [3.05, 3.63) is 66.0 Å². The normalized spacial score (nSPS) is 13.3. The highest BCUT2D eigenvalue weighted by molar-refractivity contribution is 5.82. The molecule has 0 fully saturated rings. The first-order chi connectivity index (χ1) is 11.2. The highest BCUT2D eigenvalue weighted by Gasteiger charge is 2.19. The van der Waals surface area contributed by atoms with Gasteiger partial charge in [0.2, 0.25) is 0 Å². The maximum Gasteiger partial charge on any atom is 0.253 e. The van der Waals surface area contributed by atoms with E-state index in [1.54, 1.807) is 18.3 Å². The van der Waals surface area contributed by atoms with Crippen LogP contribution in [0.4, 0.5) is 0 Å². The molecule has 1 heterocycles. The van der Waals surface area contributed by atoms with E-state index in [1.807, 2.05) is 37.4 Å². The lowest BCUT2D eigenvalue weighted by atomic mass is 10.0. The molecular weight excluding hydrogens is 288 g/mol. The van der Waals surface area contributed by atoms with Crippen LogP contribution in [0.25, 0.3) is 0 Å². The monoisotopic (exact) mass is 312 g/mol. The molecule has 4 nitrogen and oxygen atoms in total. The molecule has 1 aromatic heterocycles. The van der Waals surface area contributed by atoms with Gasteiger partial charge in [-0.2, -0.15) is 0 Å². The number of hydrogen-bond donors (Lipinski definition) is 2. The second-order valence-corrected chi connectivity index (χ2v) is 5.68. The van der Waals surface area contributed by atoms with Crippen LogP contribution < -0.4 is 5.32 Å². The summed E-state index contributed by atoms with van der Waals surface area (Å²) in [6, 6.07) is 13.1. The van der Waals surface area contributed by atoms with E-state index in [2.05, 4.69) is 16.4 Å². The molecule has 0 bridgehead atoms. The number of aliphatic hydroxyl groups excluding tert-OH is 1. The van der Waals surface area contributed by atoms with E-state index in [1.165, 1.54) is 5.56 Å². The number of aromatic nitrogens is 1. The van der Waals surface area contributed by atoms with Gasteiger partial charge in [0.25, 0.3) is 5.91 Å². The van der Waals surface area contributed by atoms with E-state index in [4.69, 9.17) is 0 Å². The topological polar surface area (TPSA) is 62.2 Å². The van der Waals surface area contributed by atoms with Crippen LogP contribution in [0.3, 0.4) is 0 Å². The number of carbonyl (C=O) groups is 1. The Morgan fingerprint density at radius 3 is 2.65 bits per heavy atom. The lowest BCUT2D eigenvalue weighted by molar-refractivity contribution is -0.130. The molecule has 23 heavy (non-hydrogen) atoms. The molecule has 0 saturated heterocycles. The van der Waals surface area contributed by atoms with Gasteiger partial charge >= 0.3 is 0 Å². The SMILES string of the molecule is CCC(CCCc1cccnc1)NC(=O)C(O)c1ccccc1. The molecule has 2 unspecified atom stereocenters. The highest BCUT2D eigenvalue weighted by Crippen LogP contribution is 2.14. The van der Waals surface area contributed by atoms with Crippen molar-refractivity contribution >= 4 is 5.91 Å². The van der Waals surface area contributed by atoms with Gasteiger partial charge in [-0.05, 0) is 42.9 Å². The summed E-state index contributed by atoms with van der Waals surface area (Å²) in [6.07, 6.45) is 6.19. The van der Waals surface area contributed by atoms with Crippen molar-refractivity contribution in [2.45, 2.75) is 44.8 Å². The van der Waals surface area contributed by atoms with Crippen LogP contribution in [0.15, 0.2) is 54.9 Å². The van der Waals surface area contributed by atoms with Crippen molar-refractivity contribution in [1.82, 2.24) is 10.3 Å². The van der Waals surface area contributed by atoms with Crippen LogP contribution in [0.5, 0.6) is 0 Å². The fraction of sp³-hybridized carbons (Fsp3) is 0.368. The van der Waals surface area contributed by atoms with E-state index < -0.39 is 6.10 Å². The molecule has 1 aromatic carbocycles. The Morgan fingerprint density at radius 1 is 1.22 bits per heavy atom. The van der Waals surface area contributed by atoms with Crippen molar-refractivity contribution in [3.8, 4) is 0 Å². The van der Waals surface area contributed by atoms with Gasteiger partial charge in [0, 0.05) is 18.4 Å². The van der Waals surface area contributed by atoms with E-state index >= 15 is 0 Å². The number of nitrogens with one attached hydrogen (secondary N) is 1. The Balaban J connectivity index is 1.80. The molecule has 4 heteroatoms. The largest absolute Gasteiger partial charge is 0.378 e. The minimum atomic E-state index is -1.11. The van der Waals surface area contributed by atoms with Crippen LogP contribution >= 0.6 is 0 Å². The van der Waals surface area contributed by atoms with Crippen LogP contribution in [0, 0.1) is 0 Å². The number of rotatable bonds is 8. The molecule has 2 rings (SSSR count). The van der Waals surface area contributed by atoms with Crippen LogP contribution in [-0.4, -0.2) is 22.0 Å². The number of hydrogen-bond acceptors (Lipinski definition) is 3. The maximum absolute atomic E-state index is 12.2. The van der Waals surface area contributed by atoms with Gasteiger partial charge in [0.15, 0.2) is 6.10 Å². The molecule has 1 amide bonds. The first kappa shape index (κ1) is 17.2. The minimum Gasteiger partial charge on any atom is -0.378 e. The average Bonchev–Trinajstić information content (AvgIpc) is 2.61. The first-order valence-electron chi connectivity index (χ1n) is 8.13. The zero-order valence-corrected chi connectivity index (χ0v) is 13.5. The maximum atomic E-state index is 12.2. The lowest BCUT2D eigenvalue weighted by Crippen LogP contribution is -2.37. The van der Waals surface area contributed by atoms with Gasteiger partial charge in [-0.25, -0.2) is 0 Å². The van der Waals surface area contributed by atoms with E-state index in [9.17, 15) is 9.90 Å². The third-order valence-electron chi connectivity index (χ3n) is 3.94. The zero-order valence-electron chi connectivity index (χ0n) is 13.5. The van der Waals surface area contributed by atoms with Gasteiger partial charge in [-0.15, -0.1) is 0 Å². The van der Waals surface area contributed by atoms with Gasteiger partial charge in [0.1, 0.15) is 0 Å². The van der Waals surface area contributed by atoms with Crippen molar-refractivity contribution in [3.63, 3.8) is 0 Å². The molecule has 0 aliphatic heterocycles. The quantitative estimate of drug-likeness (QED) is 0.787. The van der Waals surface area contributed by atoms with Crippen molar-refractivity contribution in [2.24, 2.45) is 0 Å². The average molecular weight is 312 g/mol. The van der Waals surface area contributed by atoms with Gasteiger partial charge in [-0.3, -0.25) is 9.78 Å². The number of nitrogens with zero attached hydrogens (tertiary/aromatic N) is 1. The summed E-state index contributed by atoms with van der Waals surface area (Å²) >= 11 is 0. The third-order valence-corrected chi connectivity index (χ3v) is 3.94. The summed E-state index contributed by atoms with van der Waals surface area (Å²) in [5.41, 5.74) is 1.83. The van der Waals surface area contributed by atoms with Crippen LogP contribution in [0.1, 0.15) is 43.4 Å². The van der Waals surface area contributed by atoms with Crippen LogP contribution in [-0.2, 0) is 11.2 Å². The molecule has 0 aliphatic carbocycles. The Kier molecular flexibility index (Phi) is 6.76. The second kappa shape index (κ2) is 9.06. The van der Waals surface area contributed by atoms with Gasteiger partial charge in [-0.1, -0.05) is 43.3 Å². The van der Waals surface area contributed by atoms with E-state index in [0.717, 1.165) is 25.7 Å². The number of carbonyl (C=O) groups excluding carboxylic acids is 1. The standard InChI is InChI=1S/C19H24N2O2/c1-2-17(12-6-8-15-9-7-13-20-14-15)21-19(23)18(22)16-10-4-3-5-11-16/h3-5,7,9-11,13-14,17-18,22H,2,6,8,12H2,1H3,(H,21,23). The highest BCUT2D eigenvalue weighted by atomic mass is 16.3. The number of aliphatic hydroxyl groups is 1. The summed E-state index contributed by atoms with van der Waals surface area (Å²) < 4.78 is 0.